The second-order valence-corrected chi connectivity index (χ2v) is 6.21. The zero-order valence-electron chi connectivity index (χ0n) is 11.0. The maximum absolute atomic E-state index is 10.7. The molecule has 1 aromatic rings. The van der Waals surface area contributed by atoms with Gasteiger partial charge >= 0.3 is 0 Å². The molecule has 1 amide bonds. The molecular weight excluding hydrogens is 268 g/mol. The average Bonchev–Trinajstić information content (AvgIpc) is 2.57. The van der Waals surface area contributed by atoms with Crippen LogP contribution in [-0.2, 0) is 14.9 Å². The van der Waals surface area contributed by atoms with E-state index in [4.69, 9.17) is 0 Å². The van der Waals surface area contributed by atoms with Gasteiger partial charge in [-0.2, -0.15) is 0 Å². The van der Waals surface area contributed by atoms with Crippen LogP contribution in [0.1, 0.15) is 18.9 Å². The lowest BCUT2D eigenvalue weighted by Crippen LogP contribution is -2.74. The highest BCUT2D eigenvalue weighted by molar-refractivity contribution is 7.85. The molecule has 106 valence electrons. The van der Waals surface area contributed by atoms with Gasteiger partial charge in [-0.1, -0.05) is 17.7 Å². The van der Waals surface area contributed by atoms with E-state index < -0.39 is 10.1 Å². The molecule has 1 fully saturated rings. The number of hydrogen-bond acceptors (Lipinski definition) is 4. The first-order valence-electron chi connectivity index (χ1n) is 5.79. The van der Waals surface area contributed by atoms with E-state index >= 15 is 0 Å². The van der Waals surface area contributed by atoms with Gasteiger partial charge in [0.2, 0.25) is 0 Å². The number of aryl methyl sites for hydroxylation is 1. The summed E-state index contributed by atoms with van der Waals surface area (Å²) in [6, 6.07) is 5.78. The van der Waals surface area contributed by atoms with Crippen molar-refractivity contribution in [2.24, 2.45) is 0 Å². The van der Waals surface area contributed by atoms with Crippen molar-refractivity contribution in [3.05, 3.63) is 29.8 Å². The van der Waals surface area contributed by atoms with Crippen LogP contribution in [-0.4, -0.2) is 31.0 Å². The maximum Gasteiger partial charge on any atom is 0.281 e. The molecule has 1 aromatic carbocycles. The third-order valence-corrected chi connectivity index (χ3v) is 3.67. The van der Waals surface area contributed by atoms with Gasteiger partial charge < -0.3 is 15.6 Å². The topological polar surface area (TPSA) is 114 Å². The molecule has 6 nitrogen and oxygen atoms in total. The van der Waals surface area contributed by atoms with Gasteiger partial charge in [0, 0.05) is 13.0 Å². The SMILES string of the molecule is C[C@]1([NH3+])CCNC1=O.Cc1ccc(S(=O)(=O)[O-])cc1. The van der Waals surface area contributed by atoms with Gasteiger partial charge in [-0.05, 0) is 26.0 Å². The Labute approximate surface area is 112 Å². The Morgan fingerprint density at radius 2 is 1.84 bits per heavy atom. The summed E-state index contributed by atoms with van der Waals surface area (Å²) >= 11 is 0. The van der Waals surface area contributed by atoms with Crippen LogP contribution < -0.4 is 11.1 Å². The van der Waals surface area contributed by atoms with Crippen molar-refractivity contribution in [1.82, 2.24) is 5.32 Å². The minimum atomic E-state index is -4.27. The maximum atomic E-state index is 10.7. The zero-order chi connectivity index (χ0) is 14.7. The van der Waals surface area contributed by atoms with Crippen molar-refractivity contribution in [3.63, 3.8) is 0 Å². The summed E-state index contributed by atoms with van der Waals surface area (Å²) in [5.74, 6) is 0.0810. The number of quaternary nitrogens is 1. The Morgan fingerprint density at radius 3 is 2.11 bits per heavy atom. The Balaban J connectivity index is 0.000000200. The first-order chi connectivity index (χ1) is 8.63. The van der Waals surface area contributed by atoms with Gasteiger partial charge in [-0.3, -0.25) is 4.79 Å². The van der Waals surface area contributed by atoms with Gasteiger partial charge in [0.1, 0.15) is 10.1 Å². The summed E-state index contributed by atoms with van der Waals surface area (Å²) in [4.78, 5) is 10.5. The number of nitrogens with one attached hydrogen (secondary N) is 1. The summed E-state index contributed by atoms with van der Waals surface area (Å²) in [6.07, 6.45) is 0.867. The van der Waals surface area contributed by atoms with Gasteiger partial charge in [-0.25, -0.2) is 8.42 Å². The summed E-state index contributed by atoms with van der Waals surface area (Å²) < 4.78 is 31.2. The molecule has 7 heteroatoms. The van der Waals surface area contributed by atoms with Crippen molar-refractivity contribution >= 4 is 16.0 Å². The lowest BCUT2D eigenvalue weighted by Gasteiger charge is -2.06. The molecule has 1 atom stereocenters. The molecule has 0 saturated carbocycles. The van der Waals surface area contributed by atoms with Crippen LogP contribution in [0.5, 0.6) is 0 Å². The van der Waals surface area contributed by atoms with Crippen LogP contribution >= 0.6 is 0 Å². The number of amides is 1. The summed E-state index contributed by atoms with van der Waals surface area (Å²) in [6.45, 7) is 4.47. The van der Waals surface area contributed by atoms with Crippen molar-refractivity contribution in [2.45, 2.75) is 30.7 Å². The van der Waals surface area contributed by atoms with Crippen LogP contribution in [0, 0.1) is 6.92 Å². The highest BCUT2D eigenvalue weighted by atomic mass is 32.2. The molecular formula is C12H18N2O4S. The molecule has 1 heterocycles. The summed E-state index contributed by atoms with van der Waals surface area (Å²) in [5.41, 5.74) is 4.32. The Kier molecular flexibility index (Phi) is 4.67. The average molecular weight is 286 g/mol. The fourth-order valence-electron chi connectivity index (χ4n) is 1.48. The molecule has 0 unspecified atom stereocenters. The standard InChI is InChI=1S/C7H8O3S.C5H10N2O/c1-6-2-4-7(5-3-6)11(8,9)10;1-5(6)2-3-7-4(5)8/h2-5H,1H3,(H,8,9,10);2-3,6H2,1H3,(H,7,8)/t;5-/m.0/s1. The lowest BCUT2D eigenvalue weighted by atomic mass is 10.0. The van der Waals surface area contributed by atoms with Crippen LogP contribution in [0.15, 0.2) is 29.2 Å². The third-order valence-electron chi connectivity index (χ3n) is 2.82. The second-order valence-electron chi connectivity index (χ2n) is 4.83. The minimum Gasteiger partial charge on any atom is -0.744 e. The number of rotatable bonds is 1. The monoisotopic (exact) mass is 286 g/mol. The highest BCUT2D eigenvalue weighted by Crippen LogP contribution is 2.08. The second kappa shape index (κ2) is 5.68. The third kappa shape index (κ3) is 4.62. The zero-order valence-corrected chi connectivity index (χ0v) is 11.8. The van der Waals surface area contributed by atoms with Crippen molar-refractivity contribution < 1.29 is 23.5 Å². The molecule has 4 N–H and O–H groups in total. The first kappa shape index (κ1) is 15.6. The van der Waals surface area contributed by atoms with E-state index in [-0.39, 0.29) is 16.3 Å². The molecule has 0 aliphatic carbocycles. The van der Waals surface area contributed by atoms with E-state index in [0.717, 1.165) is 18.5 Å². The normalized spacial score (nSPS) is 22.4. The predicted octanol–water partition coefficient (Wildman–Crippen LogP) is -0.594. The fourth-order valence-corrected chi connectivity index (χ4v) is 1.95. The fraction of sp³-hybridized carbons (Fsp3) is 0.417. The predicted molar refractivity (Wildman–Crippen MR) is 68.1 cm³/mol. The largest absolute Gasteiger partial charge is 0.744 e. The number of hydrogen-bond donors (Lipinski definition) is 2. The molecule has 19 heavy (non-hydrogen) atoms. The van der Waals surface area contributed by atoms with Crippen LogP contribution in [0.25, 0.3) is 0 Å². The van der Waals surface area contributed by atoms with Crippen LogP contribution in [0.4, 0.5) is 0 Å². The molecule has 2 rings (SSSR count). The molecule has 1 aliphatic heterocycles. The van der Waals surface area contributed by atoms with E-state index in [1.807, 2.05) is 13.8 Å². The van der Waals surface area contributed by atoms with E-state index in [0.29, 0.717) is 0 Å². The number of carbonyl (C=O) groups excluding carboxylic acids is 1. The van der Waals surface area contributed by atoms with Gasteiger partial charge in [0.15, 0.2) is 5.54 Å². The number of carbonyl (C=O) groups is 1. The molecule has 1 saturated heterocycles. The highest BCUT2D eigenvalue weighted by Gasteiger charge is 2.36. The number of benzene rings is 1. The molecule has 0 spiro atoms. The van der Waals surface area contributed by atoms with E-state index in [1.165, 1.54) is 12.1 Å². The Hall–Kier alpha value is -1.44. The van der Waals surface area contributed by atoms with Crippen LogP contribution in [0.2, 0.25) is 0 Å². The van der Waals surface area contributed by atoms with Gasteiger partial charge in [-0.15, -0.1) is 0 Å². The quantitative estimate of drug-likeness (QED) is 0.671. The van der Waals surface area contributed by atoms with Gasteiger partial charge in [0.05, 0.1) is 4.90 Å². The molecule has 1 aliphatic rings. The Bertz CT molecular complexity index is 550. The minimum absolute atomic E-state index is 0.0810. The molecule has 0 bridgehead atoms. The van der Waals surface area contributed by atoms with Crippen LogP contribution in [0.3, 0.4) is 0 Å². The van der Waals surface area contributed by atoms with Crippen molar-refractivity contribution in [2.75, 3.05) is 6.54 Å². The lowest BCUT2D eigenvalue weighted by molar-refractivity contribution is -0.449. The molecule has 0 radical (unpaired) electrons. The summed E-state index contributed by atoms with van der Waals surface area (Å²) in [7, 11) is -4.27. The van der Waals surface area contributed by atoms with Gasteiger partial charge in [0.25, 0.3) is 5.91 Å². The van der Waals surface area contributed by atoms with E-state index in [2.05, 4.69) is 11.1 Å². The van der Waals surface area contributed by atoms with E-state index in [9.17, 15) is 17.8 Å². The van der Waals surface area contributed by atoms with E-state index in [1.54, 1.807) is 12.1 Å². The van der Waals surface area contributed by atoms with Crippen molar-refractivity contribution in [1.29, 1.82) is 0 Å². The van der Waals surface area contributed by atoms with Crippen molar-refractivity contribution in [3.8, 4) is 0 Å². The first-order valence-corrected chi connectivity index (χ1v) is 7.20. The Morgan fingerprint density at radius 1 is 1.32 bits per heavy atom. The smallest absolute Gasteiger partial charge is 0.281 e. The molecule has 0 aromatic heterocycles. The summed E-state index contributed by atoms with van der Waals surface area (Å²) in [5, 5.41) is 2.71.